The van der Waals surface area contributed by atoms with E-state index in [0.29, 0.717) is 43.9 Å². The van der Waals surface area contributed by atoms with E-state index in [9.17, 15) is 19.3 Å². The molecule has 5 atom stereocenters. The average Bonchev–Trinajstić information content (AvgIpc) is 3.53. The maximum atomic E-state index is 13.3. The molecule has 2 aliphatic heterocycles. The first-order valence-corrected chi connectivity index (χ1v) is 18.3. The summed E-state index contributed by atoms with van der Waals surface area (Å²) in [6.07, 6.45) is 2.96. The molecule has 0 radical (unpaired) electrons. The molecule has 0 aliphatic carbocycles. The van der Waals surface area contributed by atoms with E-state index in [0.717, 1.165) is 24.8 Å². The number of amides is 4. The van der Waals surface area contributed by atoms with Crippen molar-refractivity contribution in [2.75, 3.05) is 38.7 Å². The number of carbonyl (C=O) groups is 3. The molecule has 2 fully saturated rings. The predicted molar refractivity (Wildman–Crippen MR) is 179 cm³/mol. The molecule has 1 aromatic carbocycles. The van der Waals surface area contributed by atoms with Crippen LogP contribution in [0.1, 0.15) is 89.6 Å². The van der Waals surface area contributed by atoms with Crippen molar-refractivity contribution in [2.45, 2.75) is 109 Å². The fourth-order valence-electron chi connectivity index (χ4n) is 5.54. The number of hydrogen-bond acceptors (Lipinski definition) is 9. The Labute approximate surface area is 315 Å². The van der Waals surface area contributed by atoms with Crippen LogP contribution < -0.4 is 10.6 Å². The second-order valence-corrected chi connectivity index (χ2v) is 15.4. The van der Waals surface area contributed by atoms with Gasteiger partial charge in [-0.05, 0) is 56.2 Å². The van der Waals surface area contributed by atoms with E-state index in [4.69, 9.17) is 10.7 Å². The van der Waals surface area contributed by atoms with Gasteiger partial charge in [0.2, 0.25) is 7.34 Å². The maximum absolute atomic E-state index is 13.3. The quantitative estimate of drug-likeness (QED) is 0.0910. The van der Waals surface area contributed by atoms with Crippen molar-refractivity contribution in [1.29, 1.82) is 1.43 Å². The SMILES string of the molecule is [2H]OCC(COCCCNC(=O)CCCCC1SC[C@H]2[C@@H]1NC(=O)N2C(=O)c1ccc(C(C)(C)C)cc1)OP(O)N(CC)C(C)C.[Ce]. The summed E-state index contributed by atoms with van der Waals surface area (Å²) in [5.41, 5.74) is 1.64. The van der Waals surface area contributed by atoms with Crippen LogP contribution in [0, 0.1) is 41.7 Å². The van der Waals surface area contributed by atoms with Gasteiger partial charge in [-0.15, -0.1) is 0 Å². The number of rotatable bonds is 19. The van der Waals surface area contributed by atoms with Gasteiger partial charge < -0.3 is 29.9 Å². The number of nitrogens with one attached hydrogen (secondary N) is 2. The van der Waals surface area contributed by atoms with Crippen molar-refractivity contribution in [3.05, 3.63) is 35.4 Å². The number of aliphatic hydroxyl groups is 1. The Morgan fingerprint density at radius 2 is 1.96 bits per heavy atom. The van der Waals surface area contributed by atoms with Crippen molar-refractivity contribution in [2.24, 2.45) is 0 Å². The third kappa shape index (κ3) is 12.2. The number of imide groups is 1. The molecule has 0 bridgehead atoms. The van der Waals surface area contributed by atoms with Gasteiger partial charge in [-0.3, -0.25) is 14.5 Å². The topological polar surface area (TPSA) is 141 Å². The molecule has 3 rings (SSSR count). The Balaban J connectivity index is 0.00000768. The molecule has 0 saturated carbocycles. The van der Waals surface area contributed by atoms with Gasteiger partial charge in [0.25, 0.3) is 14.4 Å². The number of ether oxygens (including phenoxy) is 1. The van der Waals surface area contributed by atoms with Crippen LogP contribution in [0.3, 0.4) is 0 Å². The van der Waals surface area contributed by atoms with Crippen molar-refractivity contribution in [3.8, 4) is 0 Å². The first-order chi connectivity index (χ1) is 21.9. The third-order valence-electron chi connectivity index (χ3n) is 8.16. The van der Waals surface area contributed by atoms with Gasteiger partial charge in [0.05, 0.1) is 25.3 Å². The summed E-state index contributed by atoms with van der Waals surface area (Å²) in [6.45, 7) is 14.0. The van der Waals surface area contributed by atoms with Crippen LogP contribution in [-0.2, 0) is 19.5 Å². The third-order valence-corrected chi connectivity index (χ3v) is 11.3. The summed E-state index contributed by atoms with van der Waals surface area (Å²) >= 11 is 1.79. The van der Waals surface area contributed by atoms with E-state index in [-0.39, 0.29) is 102 Å². The summed E-state index contributed by atoms with van der Waals surface area (Å²) < 4.78 is 20.2. The Morgan fingerprint density at radius 3 is 2.59 bits per heavy atom. The number of unbranched alkanes of at least 4 members (excludes halogenated alkanes) is 1. The summed E-state index contributed by atoms with van der Waals surface area (Å²) in [5.74, 6) is 0.444. The molecule has 3 unspecified atom stereocenters. The molecule has 0 spiro atoms. The molecule has 4 amide bonds. The number of carbonyl (C=O) groups excluding carboxylic acids is 3. The molecule has 258 valence electrons. The van der Waals surface area contributed by atoms with Gasteiger partial charge in [-0.1, -0.05) is 46.2 Å². The molecular formula is C32H53CeN4O7PS. The van der Waals surface area contributed by atoms with Crippen LogP contribution >= 0.6 is 20.3 Å². The van der Waals surface area contributed by atoms with Gasteiger partial charge >= 0.3 is 6.03 Å². The molecule has 14 heteroatoms. The fraction of sp³-hybridized carbons (Fsp3) is 0.719. The number of hydrogen-bond donors (Lipinski definition) is 4. The zero-order valence-electron chi connectivity index (χ0n) is 29.1. The molecule has 1 aromatic rings. The molecule has 11 nitrogen and oxygen atoms in total. The summed E-state index contributed by atoms with van der Waals surface area (Å²) in [7, 11) is -1.81. The molecule has 4 N–H and O–H groups in total. The first-order valence-electron chi connectivity index (χ1n) is 16.5. The monoisotopic (exact) mass is 809 g/mol. The molecule has 0 aromatic heterocycles. The van der Waals surface area contributed by atoms with Crippen LogP contribution in [0.25, 0.3) is 0 Å². The molecule has 2 saturated heterocycles. The van der Waals surface area contributed by atoms with Gasteiger partial charge in [-0.2, -0.15) is 11.8 Å². The number of thioether (sulfide) groups is 1. The van der Waals surface area contributed by atoms with E-state index in [1.165, 1.54) is 4.90 Å². The van der Waals surface area contributed by atoms with Crippen LogP contribution in [-0.4, -0.2) is 107 Å². The molecule has 2 aliphatic rings. The summed E-state index contributed by atoms with van der Waals surface area (Å²) in [4.78, 5) is 50.2. The van der Waals surface area contributed by atoms with Crippen LogP contribution in [0.15, 0.2) is 24.3 Å². The smallest absolute Gasteiger partial charge is 0.325 e. The van der Waals surface area contributed by atoms with Crippen LogP contribution in [0.2, 0.25) is 0 Å². The normalized spacial score (nSPS) is 21.1. The van der Waals surface area contributed by atoms with Crippen molar-refractivity contribution in [3.63, 3.8) is 0 Å². The number of urea groups is 1. The zero-order valence-corrected chi connectivity index (χ0v) is 33.0. The standard InChI is InChI=1S/C32H53N4O7PS.Ce/c1-7-35(22(2)3)44(41)43-25(19-37)20-42-18-10-17-33-28(38)12-9-8-11-27-29-26(21-45-27)36(31(40)34-29)30(39)23-13-15-24(16-14-23)32(4,5)6;/h13-16,22,25-27,29,37,41H,7-12,17-21H2,1-6H3,(H,33,38)(H,34,40);/t25?,26-,27?,29-,44?;/m0./s1/i37D;. The van der Waals surface area contributed by atoms with Gasteiger partial charge in [0.15, 0.2) is 0 Å². The fourth-order valence-corrected chi connectivity index (χ4v) is 8.28. The molecule has 46 heavy (non-hydrogen) atoms. The van der Waals surface area contributed by atoms with Gasteiger partial charge in [-0.25, -0.2) is 9.46 Å². The number of benzene rings is 1. The minimum absolute atomic E-state index is 0. The van der Waals surface area contributed by atoms with E-state index < -0.39 is 14.6 Å². The number of aliphatic hydroxyl groups excluding tert-OH is 1. The van der Waals surface area contributed by atoms with Crippen LogP contribution in [0.4, 0.5) is 4.79 Å². The minimum Gasteiger partial charge on any atom is -0.394 e. The largest absolute Gasteiger partial charge is 0.394 e. The van der Waals surface area contributed by atoms with E-state index in [1.54, 1.807) is 11.8 Å². The molecule has 2 heterocycles. The maximum Gasteiger partial charge on any atom is 0.325 e. The van der Waals surface area contributed by atoms with E-state index in [2.05, 4.69) is 36.5 Å². The van der Waals surface area contributed by atoms with Gasteiger partial charge in [0, 0.05) is 90.5 Å². The second-order valence-electron chi connectivity index (χ2n) is 12.9. The summed E-state index contributed by atoms with van der Waals surface area (Å²) in [6, 6.07) is 7.09. The van der Waals surface area contributed by atoms with E-state index in [1.807, 2.05) is 49.7 Å². The number of nitrogens with zero attached hydrogens (tertiary/aromatic N) is 2. The summed E-state index contributed by atoms with van der Waals surface area (Å²) in [5, 5.41) is 10.7. The molecular weight excluding hydrogens is 756 g/mol. The van der Waals surface area contributed by atoms with Crippen LogP contribution in [0.5, 0.6) is 0 Å². The second kappa shape index (κ2) is 20.3. The van der Waals surface area contributed by atoms with Crippen molar-refractivity contribution >= 4 is 38.1 Å². The Kier molecular flexibility index (Phi) is 17.7. The number of fused-ring (bicyclic) bond motifs is 1. The van der Waals surface area contributed by atoms with Gasteiger partial charge in [0.1, 0.15) is 6.10 Å². The van der Waals surface area contributed by atoms with E-state index >= 15 is 0 Å². The Hall–Kier alpha value is -0.413. The zero-order chi connectivity index (χ0) is 33.9. The first kappa shape index (κ1) is 40.0. The minimum atomic E-state index is -1.81. The Bertz CT molecular complexity index is 1130. The van der Waals surface area contributed by atoms with Crippen molar-refractivity contribution < 1.29 is 75.4 Å². The predicted octanol–water partition coefficient (Wildman–Crippen LogP) is 4.41. The van der Waals surface area contributed by atoms with Crippen molar-refractivity contribution in [1.82, 2.24) is 20.2 Å². The average molecular weight is 810 g/mol. The Morgan fingerprint density at radius 1 is 1.24 bits per heavy atom.